The molecule has 3 heterocycles. The zero-order valence-electron chi connectivity index (χ0n) is 8.66. The Hall–Kier alpha value is -1.20. The van der Waals surface area contributed by atoms with E-state index in [0.29, 0.717) is 0 Å². The van der Waals surface area contributed by atoms with Crippen LogP contribution in [0.25, 0.3) is 0 Å². The number of hydrogen-bond acceptors (Lipinski definition) is 5. The van der Waals surface area contributed by atoms with E-state index in [4.69, 9.17) is 0 Å². The Morgan fingerprint density at radius 2 is 1.93 bits per heavy atom. The van der Waals surface area contributed by atoms with E-state index in [9.17, 15) is 0 Å². The monoisotopic (exact) mass is 205 g/mol. The Kier molecular flexibility index (Phi) is 2.26. The molecule has 2 N–H and O–H groups in total. The molecule has 1 saturated heterocycles. The molecule has 0 atom stereocenters. The van der Waals surface area contributed by atoms with Gasteiger partial charge in [0.15, 0.2) is 0 Å². The number of aromatic nitrogens is 2. The minimum Gasteiger partial charge on any atom is -0.354 e. The lowest BCUT2D eigenvalue weighted by Gasteiger charge is -2.29. The van der Waals surface area contributed by atoms with Crippen LogP contribution in [0.2, 0.25) is 0 Å². The Balaban J connectivity index is 1.93. The minimum absolute atomic E-state index is 0.886. The van der Waals surface area contributed by atoms with Crippen LogP contribution in [0.5, 0.6) is 0 Å². The normalized spacial score (nSPS) is 20.4. The van der Waals surface area contributed by atoms with Crippen LogP contribution in [0.15, 0.2) is 6.33 Å². The average Bonchev–Trinajstić information content (AvgIpc) is 2.78. The van der Waals surface area contributed by atoms with Crippen LogP contribution < -0.4 is 15.5 Å². The fourth-order valence-corrected chi connectivity index (χ4v) is 2.23. The summed E-state index contributed by atoms with van der Waals surface area (Å²) in [6.07, 6.45) is 1.68. The third-order valence-corrected chi connectivity index (χ3v) is 3.02. The van der Waals surface area contributed by atoms with Gasteiger partial charge in [-0.05, 0) is 0 Å². The van der Waals surface area contributed by atoms with E-state index in [1.54, 1.807) is 6.33 Å². The van der Waals surface area contributed by atoms with Crippen molar-refractivity contribution in [2.45, 2.75) is 13.1 Å². The molecule has 1 aromatic heterocycles. The molecule has 2 aliphatic rings. The molecule has 0 radical (unpaired) electrons. The number of piperazine rings is 1. The number of fused-ring (bicyclic) bond motifs is 1. The maximum Gasteiger partial charge on any atom is 0.136 e. The first-order valence-corrected chi connectivity index (χ1v) is 5.44. The molecular weight excluding hydrogens is 190 g/mol. The van der Waals surface area contributed by atoms with Crippen LogP contribution in [0.4, 0.5) is 5.82 Å². The van der Waals surface area contributed by atoms with Crippen molar-refractivity contribution in [1.82, 2.24) is 20.6 Å². The summed E-state index contributed by atoms with van der Waals surface area (Å²) in [7, 11) is 0. The fraction of sp³-hybridized carbons (Fsp3) is 0.600. The van der Waals surface area contributed by atoms with Gasteiger partial charge in [-0.25, -0.2) is 9.97 Å². The van der Waals surface area contributed by atoms with Crippen molar-refractivity contribution >= 4 is 5.82 Å². The molecule has 2 aliphatic heterocycles. The van der Waals surface area contributed by atoms with Gasteiger partial charge in [-0.3, -0.25) is 0 Å². The summed E-state index contributed by atoms with van der Waals surface area (Å²) in [5.41, 5.74) is 2.46. The van der Waals surface area contributed by atoms with Gasteiger partial charge in [-0.2, -0.15) is 0 Å². The van der Waals surface area contributed by atoms with Gasteiger partial charge in [0, 0.05) is 44.8 Å². The number of nitrogens with zero attached hydrogens (tertiary/aromatic N) is 3. The molecule has 15 heavy (non-hydrogen) atoms. The van der Waals surface area contributed by atoms with Gasteiger partial charge < -0.3 is 15.5 Å². The van der Waals surface area contributed by atoms with Gasteiger partial charge in [-0.1, -0.05) is 0 Å². The van der Waals surface area contributed by atoms with Crippen molar-refractivity contribution in [3.05, 3.63) is 17.6 Å². The maximum absolute atomic E-state index is 4.42. The first-order valence-electron chi connectivity index (χ1n) is 5.44. The highest BCUT2D eigenvalue weighted by molar-refractivity contribution is 5.50. The van der Waals surface area contributed by atoms with E-state index in [1.807, 2.05) is 0 Å². The highest BCUT2D eigenvalue weighted by atomic mass is 15.2. The van der Waals surface area contributed by atoms with E-state index in [2.05, 4.69) is 25.5 Å². The zero-order valence-corrected chi connectivity index (χ0v) is 8.66. The fourth-order valence-electron chi connectivity index (χ4n) is 2.23. The zero-order chi connectivity index (χ0) is 10.1. The first kappa shape index (κ1) is 9.06. The summed E-state index contributed by atoms with van der Waals surface area (Å²) < 4.78 is 0. The van der Waals surface area contributed by atoms with Crippen LogP contribution in [0.3, 0.4) is 0 Å². The molecule has 1 fully saturated rings. The quantitative estimate of drug-likeness (QED) is 0.646. The van der Waals surface area contributed by atoms with Gasteiger partial charge in [0.25, 0.3) is 0 Å². The second-order valence-electron chi connectivity index (χ2n) is 3.96. The summed E-state index contributed by atoms with van der Waals surface area (Å²) in [6, 6.07) is 0. The van der Waals surface area contributed by atoms with Crippen molar-refractivity contribution in [3.63, 3.8) is 0 Å². The molecule has 5 nitrogen and oxygen atoms in total. The molecule has 80 valence electrons. The van der Waals surface area contributed by atoms with Gasteiger partial charge in [0.05, 0.1) is 5.69 Å². The van der Waals surface area contributed by atoms with Gasteiger partial charge in [0.1, 0.15) is 12.1 Å². The Labute approximate surface area is 88.9 Å². The molecular formula is C10H15N5. The van der Waals surface area contributed by atoms with Gasteiger partial charge in [0.2, 0.25) is 0 Å². The van der Waals surface area contributed by atoms with Gasteiger partial charge in [-0.15, -0.1) is 0 Å². The van der Waals surface area contributed by atoms with E-state index >= 15 is 0 Å². The molecule has 0 unspecified atom stereocenters. The predicted octanol–water partition coefficient (Wildman–Crippen LogP) is -0.511. The summed E-state index contributed by atoms with van der Waals surface area (Å²) in [5, 5.41) is 6.67. The highest BCUT2D eigenvalue weighted by Crippen LogP contribution is 2.23. The number of hydrogen-bond donors (Lipinski definition) is 2. The van der Waals surface area contributed by atoms with Crippen LogP contribution in [-0.2, 0) is 13.1 Å². The number of nitrogens with one attached hydrogen (secondary N) is 2. The second kappa shape index (κ2) is 3.75. The van der Waals surface area contributed by atoms with Crippen molar-refractivity contribution in [2.75, 3.05) is 31.1 Å². The molecule has 0 saturated carbocycles. The predicted molar refractivity (Wildman–Crippen MR) is 57.7 cm³/mol. The topological polar surface area (TPSA) is 53.1 Å². The summed E-state index contributed by atoms with van der Waals surface area (Å²) >= 11 is 0. The first-order chi connectivity index (χ1) is 7.45. The summed E-state index contributed by atoms with van der Waals surface area (Å²) in [5.74, 6) is 1.13. The average molecular weight is 205 g/mol. The largest absolute Gasteiger partial charge is 0.354 e. The van der Waals surface area contributed by atoms with Crippen LogP contribution in [0.1, 0.15) is 11.3 Å². The SMILES string of the molecule is c1nc2c(c(N3CCNCC3)n1)CNC2. The van der Waals surface area contributed by atoms with E-state index < -0.39 is 0 Å². The van der Waals surface area contributed by atoms with Crippen molar-refractivity contribution in [2.24, 2.45) is 0 Å². The van der Waals surface area contributed by atoms with Crippen molar-refractivity contribution < 1.29 is 0 Å². The third-order valence-electron chi connectivity index (χ3n) is 3.02. The standard InChI is InChI=1S/C10H15N5/c1-3-15(4-2-11-1)10-8-5-12-6-9(8)13-7-14-10/h7,11-12H,1-6H2. The van der Waals surface area contributed by atoms with Gasteiger partial charge >= 0.3 is 0 Å². The highest BCUT2D eigenvalue weighted by Gasteiger charge is 2.21. The molecule has 0 bridgehead atoms. The number of rotatable bonds is 1. The molecule has 0 spiro atoms. The van der Waals surface area contributed by atoms with Crippen molar-refractivity contribution in [1.29, 1.82) is 0 Å². The molecule has 3 rings (SSSR count). The van der Waals surface area contributed by atoms with E-state index in [0.717, 1.165) is 45.1 Å². The minimum atomic E-state index is 0.886. The lowest BCUT2D eigenvalue weighted by atomic mass is 10.2. The third kappa shape index (κ3) is 1.57. The lowest BCUT2D eigenvalue weighted by molar-refractivity contribution is 0.582. The van der Waals surface area contributed by atoms with E-state index in [1.165, 1.54) is 11.3 Å². The van der Waals surface area contributed by atoms with E-state index in [-0.39, 0.29) is 0 Å². The second-order valence-corrected chi connectivity index (χ2v) is 3.96. The Morgan fingerprint density at radius 1 is 1.07 bits per heavy atom. The summed E-state index contributed by atoms with van der Waals surface area (Å²) in [4.78, 5) is 11.1. The lowest BCUT2D eigenvalue weighted by Crippen LogP contribution is -2.44. The van der Waals surface area contributed by atoms with Crippen molar-refractivity contribution in [3.8, 4) is 0 Å². The molecule has 0 aliphatic carbocycles. The maximum atomic E-state index is 4.42. The van der Waals surface area contributed by atoms with Crippen LogP contribution >= 0.6 is 0 Å². The Morgan fingerprint density at radius 3 is 2.80 bits per heavy atom. The molecule has 5 heteroatoms. The molecule has 0 amide bonds. The molecule has 0 aromatic carbocycles. The summed E-state index contributed by atoms with van der Waals surface area (Å²) in [6.45, 7) is 5.98. The number of anilines is 1. The Bertz CT molecular complexity index is 359. The molecule has 1 aromatic rings. The smallest absolute Gasteiger partial charge is 0.136 e. The van der Waals surface area contributed by atoms with Crippen LogP contribution in [-0.4, -0.2) is 36.1 Å². The van der Waals surface area contributed by atoms with Crippen LogP contribution in [0, 0.1) is 0 Å².